The number of amidine groups is 1. The van der Waals surface area contributed by atoms with Crippen molar-refractivity contribution in [3.8, 4) is 0 Å². The normalized spacial score (nSPS) is 20.0. The van der Waals surface area contributed by atoms with Crippen LogP contribution in [0.25, 0.3) is 0 Å². The molecule has 8 heteroatoms. The molecule has 2 aromatic rings. The predicted octanol–water partition coefficient (Wildman–Crippen LogP) is 3.10. The van der Waals surface area contributed by atoms with E-state index in [1.165, 1.54) is 17.8 Å². The lowest BCUT2D eigenvalue weighted by Gasteiger charge is -2.30. The van der Waals surface area contributed by atoms with Crippen LogP contribution < -0.4 is 11.1 Å². The molecule has 1 atom stereocenters. The summed E-state index contributed by atoms with van der Waals surface area (Å²) in [7, 11) is 1.79. The van der Waals surface area contributed by atoms with Gasteiger partial charge in [0.1, 0.15) is 5.82 Å². The summed E-state index contributed by atoms with van der Waals surface area (Å²) in [5.41, 5.74) is 8.00. The number of nitrogens with zero attached hydrogens (tertiary/aromatic N) is 3. The first-order valence-electron chi connectivity index (χ1n) is 8.31. The molecule has 1 aromatic carbocycles. The summed E-state index contributed by atoms with van der Waals surface area (Å²) in [4.78, 5) is 17.1. The van der Waals surface area contributed by atoms with Crippen LogP contribution in [0.2, 0.25) is 0 Å². The number of hydrogen-bond donors (Lipinski definition) is 2. The van der Waals surface area contributed by atoms with Crippen LogP contribution >= 0.6 is 11.8 Å². The van der Waals surface area contributed by atoms with Gasteiger partial charge in [-0.25, -0.2) is 4.39 Å². The number of anilines is 1. The molecule has 1 amide bonds. The van der Waals surface area contributed by atoms with Crippen LogP contribution in [-0.4, -0.2) is 26.6 Å². The number of carbonyl (C=O) groups excluding carboxylic acids is 1. The summed E-state index contributed by atoms with van der Waals surface area (Å²) in [6.45, 7) is 5.48. The van der Waals surface area contributed by atoms with Gasteiger partial charge in [0.25, 0.3) is 5.91 Å². The number of thioether (sulfide) groups is 1. The van der Waals surface area contributed by atoms with E-state index in [2.05, 4.69) is 15.4 Å². The highest BCUT2D eigenvalue weighted by Crippen LogP contribution is 2.37. The van der Waals surface area contributed by atoms with Crippen LogP contribution in [0.5, 0.6) is 0 Å². The Morgan fingerprint density at radius 1 is 1.42 bits per heavy atom. The van der Waals surface area contributed by atoms with Gasteiger partial charge in [0.15, 0.2) is 5.17 Å². The van der Waals surface area contributed by atoms with E-state index in [4.69, 9.17) is 5.73 Å². The van der Waals surface area contributed by atoms with Gasteiger partial charge >= 0.3 is 0 Å². The zero-order valence-corrected chi connectivity index (χ0v) is 16.1. The van der Waals surface area contributed by atoms with E-state index in [0.29, 0.717) is 34.1 Å². The minimum atomic E-state index is -0.736. The Balaban J connectivity index is 1.93. The third-order valence-corrected chi connectivity index (χ3v) is 5.53. The maximum Gasteiger partial charge on any atom is 0.259 e. The average Bonchev–Trinajstić information content (AvgIpc) is 2.81. The lowest BCUT2D eigenvalue weighted by molar-refractivity contribution is 0.102. The molecule has 26 heavy (non-hydrogen) atoms. The van der Waals surface area contributed by atoms with E-state index in [0.717, 1.165) is 11.4 Å². The number of carbonyl (C=O) groups is 1. The predicted molar refractivity (Wildman–Crippen MR) is 103 cm³/mol. The van der Waals surface area contributed by atoms with Crippen LogP contribution in [-0.2, 0) is 12.6 Å². The molecule has 1 aliphatic rings. The third kappa shape index (κ3) is 3.33. The molecule has 3 rings (SSSR count). The van der Waals surface area contributed by atoms with E-state index in [9.17, 15) is 9.18 Å². The fourth-order valence-corrected chi connectivity index (χ4v) is 4.17. The van der Waals surface area contributed by atoms with Crippen molar-refractivity contribution >= 4 is 28.5 Å². The van der Waals surface area contributed by atoms with E-state index in [1.54, 1.807) is 30.8 Å². The summed E-state index contributed by atoms with van der Waals surface area (Å²) in [6, 6.07) is 4.54. The molecule has 0 spiro atoms. The zero-order valence-electron chi connectivity index (χ0n) is 15.3. The number of aliphatic imine (C=N–C) groups is 1. The van der Waals surface area contributed by atoms with Crippen LogP contribution in [0.15, 0.2) is 23.2 Å². The molecule has 6 nitrogen and oxygen atoms in total. The molecule has 0 fully saturated rings. The first-order chi connectivity index (χ1) is 12.2. The largest absolute Gasteiger partial charge is 0.379 e. The first-order valence-corrected chi connectivity index (χ1v) is 9.29. The lowest BCUT2D eigenvalue weighted by Crippen LogP contribution is -2.29. The topological polar surface area (TPSA) is 85.3 Å². The van der Waals surface area contributed by atoms with Crippen molar-refractivity contribution in [2.24, 2.45) is 17.8 Å². The van der Waals surface area contributed by atoms with Crippen molar-refractivity contribution in [2.75, 3.05) is 11.1 Å². The highest BCUT2D eigenvalue weighted by Gasteiger charge is 2.32. The summed E-state index contributed by atoms with van der Waals surface area (Å²) in [5.74, 6) is 0.149. The Bertz CT molecular complexity index is 907. The molecular formula is C18H22FN5OS. The van der Waals surface area contributed by atoms with E-state index in [-0.39, 0.29) is 11.7 Å². The van der Waals surface area contributed by atoms with Gasteiger partial charge in [0.2, 0.25) is 0 Å². The number of aryl methyl sites for hydroxylation is 2. The smallest absolute Gasteiger partial charge is 0.259 e. The van der Waals surface area contributed by atoms with Crippen molar-refractivity contribution in [2.45, 2.75) is 32.7 Å². The fourth-order valence-electron chi connectivity index (χ4n) is 3.19. The molecule has 1 aromatic heterocycles. The van der Waals surface area contributed by atoms with Crippen molar-refractivity contribution in [1.82, 2.24) is 9.78 Å². The molecule has 3 N–H and O–H groups in total. The number of nitrogens with two attached hydrogens (primary N) is 1. The summed E-state index contributed by atoms with van der Waals surface area (Å²) < 4.78 is 16.1. The van der Waals surface area contributed by atoms with Gasteiger partial charge in [0, 0.05) is 29.7 Å². The molecule has 1 unspecified atom stereocenters. The Morgan fingerprint density at radius 2 is 2.15 bits per heavy atom. The van der Waals surface area contributed by atoms with E-state index < -0.39 is 5.54 Å². The highest BCUT2D eigenvalue weighted by atomic mass is 32.2. The molecule has 1 aliphatic heterocycles. The Kier molecular flexibility index (Phi) is 4.79. The Labute approximate surface area is 156 Å². The number of benzene rings is 1. The monoisotopic (exact) mass is 375 g/mol. The number of amides is 1. The van der Waals surface area contributed by atoms with Crippen LogP contribution in [0.4, 0.5) is 10.1 Å². The minimum Gasteiger partial charge on any atom is -0.379 e. The average molecular weight is 375 g/mol. The molecule has 0 radical (unpaired) electrons. The van der Waals surface area contributed by atoms with E-state index in [1.807, 2.05) is 13.8 Å². The van der Waals surface area contributed by atoms with E-state index >= 15 is 0 Å². The summed E-state index contributed by atoms with van der Waals surface area (Å²) in [5, 5.41) is 7.56. The zero-order chi connectivity index (χ0) is 19.1. The third-order valence-electron chi connectivity index (χ3n) is 4.74. The minimum absolute atomic E-state index is 0.266. The van der Waals surface area contributed by atoms with Crippen molar-refractivity contribution < 1.29 is 9.18 Å². The second kappa shape index (κ2) is 6.75. The van der Waals surface area contributed by atoms with Gasteiger partial charge in [0.05, 0.1) is 16.8 Å². The Morgan fingerprint density at radius 3 is 2.77 bits per heavy atom. The second-order valence-corrected chi connectivity index (χ2v) is 7.76. The van der Waals surface area contributed by atoms with Gasteiger partial charge in [-0.05, 0) is 45.4 Å². The molecular weight excluding hydrogens is 353 g/mol. The maximum atomic E-state index is 14.5. The summed E-state index contributed by atoms with van der Waals surface area (Å²) in [6.07, 6.45) is 0.674. The Hall–Kier alpha value is -2.35. The van der Waals surface area contributed by atoms with Gasteiger partial charge in [-0.2, -0.15) is 5.10 Å². The van der Waals surface area contributed by atoms with Crippen LogP contribution in [0.3, 0.4) is 0 Å². The lowest BCUT2D eigenvalue weighted by atomic mass is 9.89. The molecule has 0 saturated heterocycles. The molecule has 0 aliphatic carbocycles. The SMILES string of the molecule is Cc1nn(C)c(C)c1C(=O)Nc1ccc(F)c(C2(C)CCSC(N)=N2)c1. The van der Waals surface area contributed by atoms with Crippen LogP contribution in [0.1, 0.15) is 40.7 Å². The first kappa shape index (κ1) is 18.4. The number of halogens is 1. The number of rotatable bonds is 3. The fraction of sp³-hybridized carbons (Fsp3) is 0.389. The summed E-state index contributed by atoms with van der Waals surface area (Å²) >= 11 is 1.46. The van der Waals surface area contributed by atoms with Crippen molar-refractivity contribution in [3.05, 3.63) is 46.5 Å². The number of aromatic nitrogens is 2. The molecule has 2 heterocycles. The molecule has 138 valence electrons. The van der Waals surface area contributed by atoms with Gasteiger partial charge in [-0.1, -0.05) is 11.8 Å². The molecule has 0 saturated carbocycles. The van der Waals surface area contributed by atoms with Crippen molar-refractivity contribution in [3.63, 3.8) is 0 Å². The molecule has 0 bridgehead atoms. The second-order valence-electron chi connectivity index (χ2n) is 6.64. The van der Waals surface area contributed by atoms with Crippen LogP contribution in [0, 0.1) is 19.7 Å². The standard InChI is InChI=1S/C18H22FN5OS/c1-10-15(11(2)24(4)23-10)16(25)21-12-5-6-14(19)13(9-12)18(3)7-8-26-17(20)22-18/h5-6,9H,7-8H2,1-4H3,(H2,20,22)(H,21,25). The van der Waals surface area contributed by atoms with Gasteiger partial charge in [-0.15, -0.1) is 0 Å². The van der Waals surface area contributed by atoms with Gasteiger partial charge < -0.3 is 11.1 Å². The number of nitrogens with one attached hydrogen (secondary N) is 1. The maximum absolute atomic E-state index is 14.5. The quantitative estimate of drug-likeness (QED) is 0.863. The van der Waals surface area contributed by atoms with Gasteiger partial charge in [-0.3, -0.25) is 14.5 Å². The number of hydrogen-bond acceptors (Lipinski definition) is 5. The highest BCUT2D eigenvalue weighted by molar-refractivity contribution is 8.13. The van der Waals surface area contributed by atoms with Crippen molar-refractivity contribution in [1.29, 1.82) is 0 Å².